The summed E-state index contributed by atoms with van der Waals surface area (Å²) in [5, 5.41) is 0. The van der Waals surface area contributed by atoms with Crippen LogP contribution in [0.1, 0.15) is 35.2 Å². The molecule has 1 aliphatic heterocycles. The van der Waals surface area contributed by atoms with Crippen molar-refractivity contribution >= 4 is 11.7 Å². The van der Waals surface area contributed by atoms with Gasteiger partial charge in [-0.1, -0.05) is 60.2 Å². The van der Waals surface area contributed by atoms with Crippen molar-refractivity contribution in [2.24, 2.45) is 5.92 Å². The second kappa shape index (κ2) is 9.94. The number of aromatic nitrogens is 2. The molecule has 0 N–H and O–H groups in total. The van der Waals surface area contributed by atoms with Crippen LogP contribution in [0.3, 0.4) is 0 Å². The molecule has 2 fully saturated rings. The predicted molar refractivity (Wildman–Crippen MR) is 134 cm³/mol. The van der Waals surface area contributed by atoms with E-state index in [1.807, 2.05) is 35.2 Å². The molecule has 6 heteroatoms. The maximum absolute atomic E-state index is 12.6. The largest absolute Gasteiger partial charge is 0.378 e. The Labute approximate surface area is 201 Å². The number of hydrogen-bond donors (Lipinski definition) is 0. The van der Waals surface area contributed by atoms with E-state index in [-0.39, 0.29) is 5.92 Å². The van der Waals surface area contributed by atoms with Gasteiger partial charge in [-0.3, -0.25) is 4.79 Å². The highest BCUT2D eigenvalue weighted by Gasteiger charge is 2.35. The van der Waals surface area contributed by atoms with Crippen LogP contribution >= 0.6 is 0 Å². The Morgan fingerprint density at radius 2 is 1.76 bits per heavy atom. The molecule has 1 aliphatic carbocycles. The highest BCUT2D eigenvalue weighted by Crippen LogP contribution is 2.33. The van der Waals surface area contributed by atoms with Crippen LogP contribution in [0.4, 0.5) is 5.82 Å². The molecule has 2 aromatic carbocycles. The number of anilines is 1. The summed E-state index contributed by atoms with van der Waals surface area (Å²) in [5.41, 5.74) is 5.49. The van der Waals surface area contributed by atoms with E-state index in [4.69, 9.17) is 14.7 Å². The summed E-state index contributed by atoms with van der Waals surface area (Å²) in [6.45, 7) is 5.57. The van der Waals surface area contributed by atoms with Crippen LogP contribution in [-0.2, 0) is 22.6 Å². The SMILES string of the molecule is COCc1nc(-c2ccccc2)nc(N2CCN(C(=O)C3CC3)CC2)c1Cc1cccc(C)c1. The molecule has 3 aromatic rings. The normalized spacial score (nSPS) is 16.1. The molecular weight excluding hydrogens is 424 g/mol. The molecular formula is C28H32N4O2. The molecule has 6 nitrogen and oxygen atoms in total. The molecule has 0 spiro atoms. The summed E-state index contributed by atoms with van der Waals surface area (Å²) >= 11 is 0. The fourth-order valence-corrected chi connectivity index (χ4v) is 4.69. The topological polar surface area (TPSA) is 58.6 Å². The van der Waals surface area contributed by atoms with E-state index in [9.17, 15) is 4.79 Å². The third kappa shape index (κ3) is 4.97. The van der Waals surface area contributed by atoms with Crippen molar-refractivity contribution in [1.29, 1.82) is 0 Å². The minimum absolute atomic E-state index is 0.264. The number of carbonyl (C=O) groups is 1. The number of nitrogens with zero attached hydrogens (tertiary/aromatic N) is 4. The van der Waals surface area contributed by atoms with Gasteiger partial charge >= 0.3 is 0 Å². The van der Waals surface area contributed by atoms with Crippen molar-refractivity contribution in [2.75, 3.05) is 38.2 Å². The Balaban J connectivity index is 1.52. The third-order valence-electron chi connectivity index (χ3n) is 6.66. The van der Waals surface area contributed by atoms with E-state index in [0.29, 0.717) is 18.3 Å². The number of piperazine rings is 1. The van der Waals surface area contributed by atoms with Crippen molar-refractivity contribution in [1.82, 2.24) is 14.9 Å². The van der Waals surface area contributed by atoms with Crippen LogP contribution in [0.2, 0.25) is 0 Å². The van der Waals surface area contributed by atoms with Gasteiger partial charge in [0.15, 0.2) is 5.82 Å². The first-order valence-corrected chi connectivity index (χ1v) is 12.2. The second-order valence-electron chi connectivity index (χ2n) is 9.35. The molecule has 2 heterocycles. The quantitative estimate of drug-likeness (QED) is 0.532. The van der Waals surface area contributed by atoms with Crippen molar-refractivity contribution in [3.63, 3.8) is 0 Å². The van der Waals surface area contributed by atoms with Gasteiger partial charge in [0.05, 0.1) is 12.3 Å². The first kappa shape index (κ1) is 22.5. The maximum Gasteiger partial charge on any atom is 0.225 e. The van der Waals surface area contributed by atoms with Crippen LogP contribution in [-0.4, -0.2) is 54.1 Å². The molecule has 0 atom stereocenters. The Morgan fingerprint density at radius 1 is 1.00 bits per heavy atom. The average molecular weight is 457 g/mol. The smallest absolute Gasteiger partial charge is 0.225 e. The van der Waals surface area contributed by atoms with Crippen molar-refractivity contribution in [2.45, 2.75) is 32.8 Å². The lowest BCUT2D eigenvalue weighted by Crippen LogP contribution is -2.49. The molecule has 0 bridgehead atoms. The fraction of sp³-hybridized carbons (Fsp3) is 0.393. The van der Waals surface area contributed by atoms with Gasteiger partial charge in [-0.15, -0.1) is 0 Å². The number of hydrogen-bond acceptors (Lipinski definition) is 5. The summed E-state index contributed by atoms with van der Waals surface area (Å²) < 4.78 is 5.58. The number of rotatable bonds is 7. The van der Waals surface area contributed by atoms with Gasteiger partial charge in [0, 0.05) is 56.8 Å². The van der Waals surface area contributed by atoms with Crippen LogP contribution in [0, 0.1) is 12.8 Å². The molecule has 1 aromatic heterocycles. The molecule has 2 aliphatic rings. The van der Waals surface area contributed by atoms with Crippen LogP contribution in [0.25, 0.3) is 11.4 Å². The van der Waals surface area contributed by atoms with Gasteiger partial charge in [-0.2, -0.15) is 0 Å². The number of methoxy groups -OCH3 is 1. The van der Waals surface area contributed by atoms with Gasteiger partial charge < -0.3 is 14.5 Å². The minimum atomic E-state index is 0.264. The van der Waals surface area contributed by atoms with E-state index in [2.05, 4.69) is 36.1 Å². The first-order valence-electron chi connectivity index (χ1n) is 12.2. The van der Waals surface area contributed by atoms with Gasteiger partial charge in [-0.05, 0) is 25.3 Å². The number of ether oxygens (including phenoxy) is 1. The molecule has 176 valence electrons. The van der Waals surface area contributed by atoms with Crippen LogP contribution in [0.5, 0.6) is 0 Å². The van der Waals surface area contributed by atoms with E-state index >= 15 is 0 Å². The third-order valence-corrected chi connectivity index (χ3v) is 6.66. The number of aryl methyl sites for hydroxylation is 1. The molecule has 0 radical (unpaired) electrons. The van der Waals surface area contributed by atoms with Crippen molar-refractivity contribution < 1.29 is 9.53 Å². The lowest BCUT2D eigenvalue weighted by molar-refractivity contribution is -0.132. The molecule has 1 amide bonds. The Morgan fingerprint density at radius 3 is 2.44 bits per heavy atom. The fourth-order valence-electron chi connectivity index (χ4n) is 4.69. The summed E-state index contributed by atoms with van der Waals surface area (Å²) in [6.07, 6.45) is 2.84. The Bertz CT molecular complexity index is 1150. The molecule has 0 unspecified atom stereocenters. The minimum Gasteiger partial charge on any atom is -0.378 e. The summed E-state index contributed by atoms with van der Waals surface area (Å²) in [6, 6.07) is 18.7. The number of benzene rings is 2. The summed E-state index contributed by atoms with van der Waals surface area (Å²) in [5.74, 6) is 2.26. The summed E-state index contributed by atoms with van der Waals surface area (Å²) in [7, 11) is 1.71. The molecule has 5 rings (SSSR count). The van der Waals surface area contributed by atoms with Gasteiger partial charge in [0.1, 0.15) is 5.82 Å². The molecule has 1 saturated heterocycles. The van der Waals surface area contributed by atoms with E-state index in [0.717, 1.165) is 68.1 Å². The zero-order valence-electron chi connectivity index (χ0n) is 20.0. The molecule has 1 saturated carbocycles. The highest BCUT2D eigenvalue weighted by molar-refractivity contribution is 5.81. The van der Waals surface area contributed by atoms with E-state index in [1.54, 1.807) is 7.11 Å². The average Bonchev–Trinajstić information content (AvgIpc) is 3.71. The van der Waals surface area contributed by atoms with Crippen LogP contribution < -0.4 is 4.90 Å². The van der Waals surface area contributed by atoms with E-state index in [1.165, 1.54) is 11.1 Å². The maximum atomic E-state index is 12.6. The Kier molecular flexibility index (Phi) is 6.59. The summed E-state index contributed by atoms with van der Waals surface area (Å²) in [4.78, 5) is 27.0. The van der Waals surface area contributed by atoms with Crippen molar-refractivity contribution in [3.8, 4) is 11.4 Å². The predicted octanol–water partition coefficient (Wildman–Crippen LogP) is 4.25. The first-order chi connectivity index (χ1) is 16.6. The lowest BCUT2D eigenvalue weighted by atomic mass is 10.0. The molecule has 34 heavy (non-hydrogen) atoms. The Hall–Kier alpha value is -3.25. The van der Waals surface area contributed by atoms with Gasteiger partial charge in [0.25, 0.3) is 0 Å². The second-order valence-corrected chi connectivity index (χ2v) is 9.35. The van der Waals surface area contributed by atoms with Crippen molar-refractivity contribution in [3.05, 3.63) is 77.0 Å². The lowest BCUT2D eigenvalue weighted by Gasteiger charge is -2.37. The zero-order chi connectivity index (χ0) is 23.5. The number of amides is 1. The van der Waals surface area contributed by atoms with Gasteiger partial charge in [0.2, 0.25) is 5.91 Å². The number of carbonyl (C=O) groups excluding carboxylic acids is 1. The zero-order valence-corrected chi connectivity index (χ0v) is 20.0. The standard InChI is InChI=1S/C28H32N4O2/c1-20-7-6-8-21(17-20)18-24-25(19-34-2)29-26(22-9-4-3-5-10-22)30-27(24)31-13-15-32(16-14-31)28(33)23-11-12-23/h3-10,17,23H,11-16,18-19H2,1-2H3. The monoisotopic (exact) mass is 456 g/mol. The van der Waals surface area contributed by atoms with Gasteiger partial charge in [-0.25, -0.2) is 9.97 Å². The van der Waals surface area contributed by atoms with E-state index < -0.39 is 0 Å². The van der Waals surface area contributed by atoms with Crippen LogP contribution in [0.15, 0.2) is 54.6 Å². The highest BCUT2D eigenvalue weighted by atomic mass is 16.5.